The Bertz CT molecular complexity index is 1330. The van der Waals surface area contributed by atoms with Crippen LogP contribution in [0.1, 0.15) is 11.3 Å². The van der Waals surface area contributed by atoms with Crippen molar-refractivity contribution in [2.45, 2.75) is 19.1 Å². The van der Waals surface area contributed by atoms with Crippen molar-refractivity contribution in [1.29, 1.82) is 0 Å². The van der Waals surface area contributed by atoms with Gasteiger partial charge in [0.2, 0.25) is 0 Å². The molecule has 0 fully saturated rings. The van der Waals surface area contributed by atoms with Crippen LogP contribution < -0.4 is 10.1 Å². The summed E-state index contributed by atoms with van der Waals surface area (Å²) in [6, 6.07) is 16.9. The molecule has 1 atom stereocenters. The van der Waals surface area contributed by atoms with E-state index in [1.165, 1.54) is 6.33 Å². The molecule has 0 amide bonds. The number of benzene rings is 2. The Morgan fingerprint density at radius 3 is 2.82 bits per heavy atom. The van der Waals surface area contributed by atoms with Crippen molar-refractivity contribution in [2.75, 3.05) is 18.5 Å². The number of fused-ring (bicyclic) bond motifs is 1. The molecule has 8 nitrogen and oxygen atoms in total. The van der Waals surface area contributed by atoms with Gasteiger partial charge in [-0.05, 0) is 48.0 Å². The molecular weight excluding hydrogens is 454 g/mol. The van der Waals surface area contributed by atoms with Gasteiger partial charge < -0.3 is 19.9 Å². The molecule has 2 aromatic heterocycles. The van der Waals surface area contributed by atoms with Gasteiger partial charge in [0.1, 0.15) is 37.2 Å². The predicted octanol–water partition coefficient (Wildman–Crippen LogP) is 4.33. The number of rotatable bonds is 8. The number of aliphatic hydroxyl groups excluding tert-OH is 1. The molecule has 0 radical (unpaired) electrons. The SMILES string of the molecule is OCC1COC(Cc2ccc3ncnc(Nc4ccc(OCc5ccccn5)c(Cl)c4)c3c2)=N1. The first kappa shape index (κ1) is 22.1. The van der Waals surface area contributed by atoms with E-state index in [1.54, 1.807) is 12.3 Å². The maximum absolute atomic E-state index is 9.25. The first-order valence-electron chi connectivity index (χ1n) is 10.8. The van der Waals surface area contributed by atoms with Crippen LogP contribution in [0, 0.1) is 0 Å². The van der Waals surface area contributed by atoms with Crippen LogP contribution in [-0.4, -0.2) is 45.2 Å². The minimum absolute atomic E-state index is 0.0152. The van der Waals surface area contributed by atoms with Crippen molar-refractivity contribution in [3.63, 3.8) is 0 Å². The third-order valence-corrected chi connectivity index (χ3v) is 5.63. The zero-order valence-electron chi connectivity index (χ0n) is 18.2. The van der Waals surface area contributed by atoms with Crippen LogP contribution in [0.2, 0.25) is 5.02 Å². The molecule has 34 heavy (non-hydrogen) atoms. The predicted molar refractivity (Wildman–Crippen MR) is 131 cm³/mol. The van der Waals surface area contributed by atoms with Gasteiger partial charge in [-0.3, -0.25) is 4.98 Å². The first-order chi connectivity index (χ1) is 16.7. The fourth-order valence-corrected chi connectivity index (χ4v) is 3.85. The van der Waals surface area contributed by atoms with Crippen LogP contribution in [0.25, 0.3) is 10.9 Å². The normalized spacial score (nSPS) is 15.1. The summed E-state index contributed by atoms with van der Waals surface area (Å²) in [7, 11) is 0. The molecule has 2 aromatic carbocycles. The summed E-state index contributed by atoms with van der Waals surface area (Å²) in [4.78, 5) is 17.4. The van der Waals surface area contributed by atoms with Crippen LogP contribution in [-0.2, 0) is 17.8 Å². The van der Waals surface area contributed by atoms with E-state index in [1.807, 2.05) is 48.5 Å². The highest BCUT2D eigenvalue weighted by atomic mass is 35.5. The van der Waals surface area contributed by atoms with Crippen LogP contribution in [0.3, 0.4) is 0 Å². The zero-order chi connectivity index (χ0) is 23.3. The summed E-state index contributed by atoms with van der Waals surface area (Å²) in [6.45, 7) is 0.733. The molecule has 1 aliphatic heterocycles. The lowest BCUT2D eigenvalue weighted by molar-refractivity contribution is 0.226. The van der Waals surface area contributed by atoms with Crippen molar-refractivity contribution >= 4 is 39.9 Å². The molecule has 3 heterocycles. The lowest BCUT2D eigenvalue weighted by atomic mass is 10.1. The van der Waals surface area contributed by atoms with Crippen LogP contribution in [0.15, 0.2) is 72.1 Å². The summed E-state index contributed by atoms with van der Waals surface area (Å²) in [5.74, 6) is 1.86. The average Bonchev–Trinajstić information content (AvgIpc) is 3.32. The molecular formula is C25H22ClN5O3. The van der Waals surface area contributed by atoms with Crippen LogP contribution in [0.4, 0.5) is 11.5 Å². The van der Waals surface area contributed by atoms with E-state index in [0.717, 1.165) is 27.8 Å². The third-order valence-electron chi connectivity index (χ3n) is 5.33. The molecule has 1 unspecified atom stereocenters. The number of ether oxygens (including phenoxy) is 2. The fraction of sp³-hybridized carbons (Fsp3) is 0.200. The minimum Gasteiger partial charge on any atom is -0.486 e. The number of pyridine rings is 1. The Hall–Kier alpha value is -3.75. The van der Waals surface area contributed by atoms with Crippen molar-refractivity contribution in [3.8, 4) is 5.75 Å². The minimum atomic E-state index is -0.184. The second-order valence-electron chi connectivity index (χ2n) is 7.80. The summed E-state index contributed by atoms with van der Waals surface area (Å²) in [5.41, 5.74) is 3.42. The Labute approximate surface area is 201 Å². The molecule has 5 rings (SSSR count). The van der Waals surface area contributed by atoms with Gasteiger partial charge >= 0.3 is 0 Å². The highest BCUT2D eigenvalue weighted by Crippen LogP contribution is 2.31. The molecule has 1 aliphatic rings. The largest absolute Gasteiger partial charge is 0.486 e. The van der Waals surface area contributed by atoms with Crippen molar-refractivity contribution < 1.29 is 14.6 Å². The first-order valence-corrected chi connectivity index (χ1v) is 11.2. The van der Waals surface area contributed by atoms with Gasteiger partial charge in [-0.15, -0.1) is 0 Å². The van der Waals surface area contributed by atoms with Crippen LogP contribution >= 0.6 is 11.6 Å². The summed E-state index contributed by atoms with van der Waals surface area (Å²) in [5, 5.41) is 13.9. The standard InChI is InChI=1S/C25H22ClN5O3/c26-21-11-17(5-7-23(21)33-13-18-3-1-2-8-27-18)31-25-20-9-16(4-6-22(20)28-15-29-25)10-24-30-19(12-32)14-34-24/h1-9,11,15,19,32H,10,12-14H2,(H,28,29,31). The molecule has 4 aromatic rings. The number of hydrogen-bond acceptors (Lipinski definition) is 8. The molecule has 0 bridgehead atoms. The van der Waals surface area contributed by atoms with Crippen molar-refractivity contribution in [2.24, 2.45) is 4.99 Å². The number of anilines is 2. The van der Waals surface area contributed by atoms with Gasteiger partial charge in [0, 0.05) is 23.7 Å². The number of aromatic nitrogens is 3. The molecule has 0 aliphatic carbocycles. The van der Waals surface area contributed by atoms with E-state index in [-0.39, 0.29) is 12.6 Å². The topological polar surface area (TPSA) is 102 Å². The van der Waals surface area contributed by atoms with Crippen LogP contribution in [0.5, 0.6) is 5.75 Å². The summed E-state index contributed by atoms with van der Waals surface area (Å²) >= 11 is 6.46. The monoisotopic (exact) mass is 475 g/mol. The lowest BCUT2D eigenvalue weighted by Gasteiger charge is -2.12. The molecule has 0 spiro atoms. The van der Waals surface area contributed by atoms with E-state index in [0.29, 0.717) is 42.1 Å². The van der Waals surface area contributed by atoms with Gasteiger partial charge in [0.15, 0.2) is 5.90 Å². The number of nitrogens with one attached hydrogen (secondary N) is 1. The number of halogens is 1. The Morgan fingerprint density at radius 1 is 1.09 bits per heavy atom. The van der Waals surface area contributed by atoms with Gasteiger partial charge in [-0.1, -0.05) is 23.7 Å². The smallest absolute Gasteiger partial charge is 0.188 e. The lowest BCUT2D eigenvalue weighted by Crippen LogP contribution is -2.10. The van der Waals surface area contributed by atoms with E-state index in [9.17, 15) is 5.11 Å². The van der Waals surface area contributed by atoms with E-state index in [4.69, 9.17) is 21.1 Å². The second-order valence-corrected chi connectivity index (χ2v) is 8.21. The number of nitrogens with zero attached hydrogens (tertiary/aromatic N) is 4. The number of aliphatic hydroxyl groups is 1. The van der Waals surface area contributed by atoms with E-state index >= 15 is 0 Å². The van der Waals surface area contributed by atoms with E-state index < -0.39 is 0 Å². The summed E-state index contributed by atoms with van der Waals surface area (Å²) < 4.78 is 11.4. The molecule has 9 heteroatoms. The molecule has 0 saturated carbocycles. The van der Waals surface area contributed by atoms with Crippen molar-refractivity contribution in [3.05, 3.63) is 83.4 Å². The van der Waals surface area contributed by atoms with E-state index in [2.05, 4.69) is 25.3 Å². The molecule has 2 N–H and O–H groups in total. The number of aliphatic imine (C=N–C) groups is 1. The maximum atomic E-state index is 9.25. The van der Waals surface area contributed by atoms with Gasteiger partial charge in [-0.25, -0.2) is 15.0 Å². The Kier molecular flexibility index (Phi) is 6.51. The zero-order valence-corrected chi connectivity index (χ0v) is 18.9. The number of hydrogen-bond donors (Lipinski definition) is 2. The van der Waals surface area contributed by atoms with Crippen molar-refractivity contribution in [1.82, 2.24) is 15.0 Å². The highest BCUT2D eigenvalue weighted by Gasteiger charge is 2.18. The third kappa shape index (κ3) is 5.08. The maximum Gasteiger partial charge on any atom is 0.188 e. The second kappa shape index (κ2) is 10.0. The average molecular weight is 476 g/mol. The quantitative estimate of drug-likeness (QED) is 0.391. The molecule has 0 saturated heterocycles. The molecule has 172 valence electrons. The summed E-state index contributed by atoms with van der Waals surface area (Å²) in [6.07, 6.45) is 3.78. The van der Waals surface area contributed by atoms with Gasteiger partial charge in [0.05, 0.1) is 22.8 Å². The fourth-order valence-electron chi connectivity index (χ4n) is 3.62. The highest BCUT2D eigenvalue weighted by molar-refractivity contribution is 6.32. The Balaban J connectivity index is 1.33. The van der Waals surface area contributed by atoms with Gasteiger partial charge in [0.25, 0.3) is 0 Å². The van der Waals surface area contributed by atoms with Gasteiger partial charge in [-0.2, -0.15) is 0 Å². The Morgan fingerprint density at radius 2 is 2.03 bits per heavy atom.